The van der Waals surface area contributed by atoms with E-state index in [9.17, 15) is 0 Å². The number of rotatable bonds is 6. The lowest BCUT2D eigenvalue weighted by atomic mass is 9.89. The van der Waals surface area contributed by atoms with Crippen molar-refractivity contribution in [2.75, 3.05) is 13.2 Å². The van der Waals surface area contributed by atoms with Crippen LogP contribution in [0, 0.1) is 19.3 Å². The van der Waals surface area contributed by atoms with E-state index in [1.54, 1.807) is 0 Å². The maximum atomic E-state index is 8.96. The summed E-state index contributed by atoms with van der Waals surface area (Å²) < 4.78 is 0. The molecule has 96 valence electrons. The maximum Gasteiger partial charge on any atom is 0.0436 e. The van der Waals surface area contributed by atoms with Crippen LogP contribution in [0.4, 0.5) is 0 Å². The van der Waals surface area contributed by atoms with Crippen LogP contribution >= 0.6 is 0 Å². The molecule has 1 aromatic rings. The smallest absolute Gasteiger partial charge is 0.0436 e. The highest BCUT2D eigenvalue weighted by molar-refractivity contribution is 5.29. The first-order valence-electron chi connectivity index (χ1n) is 6.32. The van der Waals surface area contributed by atoms with Gasteiger partial charge in [0.25, 0.3) is 0 Å². The van der Waals surface area contributed by atoms with Crippen molar-refractivity contribution in [3.8, 4) is 0 Å². The Morgan fingerprint density at radius 1 is 1.18 bits per heavy atom. The molecule has 0 aromatic heterocycles. The summed E-state index contributed by atoms with van der Waals surface area (Å²) in [5.74, 6) is 0. The van der Waals surface area contributed by atoms with Crippen molar-refractivity contribution in [2.24, 2.45) is 5.41 Å². The largest absolute Gasteiger partial charge is 0.396 e. The molecule has 0 heterocycles. The van der Waals surface area contributed by atoms with E-state index in [0.29, 0.717) is 0 Å². The van der Waals surface area contributed by atoms with Crippen LogP contribution in [0.2, 0.25) is 0 Å². The fraction of sp³-hybridized carbons (Fsp3) is 0.600. The van der Waals surface area contributed by atoms with Crippen LogP contribution in [0.25, 0.3) is 0 Å². The molecule has 0 atom stereocenters. The number of aryl methyl sites for hydroxylation is 2. The predicted molar refractivity (Wildman–Crippen MR) is 73.1 cm³/mol. The van der Waals surface area contributed by atoms with E-state index in [-0.39, 0.29) is 12.0 Å². The zero-order chi connectivity index (χ0) is 12.9. The monoisotopic (exact) mass is 235 g/mol. The van der Waals surface area contributed by atoms with Crippen LogP contribution in [0.1, 0.15) is 37.0 Å². The summed E-state index contributed by atoms with van der Waals surface area (Å²) in [6, 6.07) is 6.58. The zero-order valence-corrected chi connectivity index (χ0v) is 11.5. The molecule has 0 aliphatic rings. The first kappa shape index (κ1) is 14.2. The van der Waals surface area contributed by atoms with E-state index in [4.69, 9.17) is 5.11 Å². The van der Waals surface area contributed by atoms with Gasteiger partial charge in [-0.2, -0.15) is 0 Å². The van der Waals surface area contributed by atoms with Crippen LogP contribution in [-0.4, -0.2) is 18.3 Å². The minimum absolute atomic E-state index is 0.161. The third-order valence-electron chi connectivity index (χ3n) is 3.29. The second-order valence-electron chi connectivity index (χ2n) is 5.66. The van der Waals surface area contributed by atoms with E-state index < -0.39 is 0 Å². The van der Waals surface area contributed by atoms with Crippen molar-refractivity contribution in [3.05, 3.63) is 34.9 Å². The first-order valence-corrected chi connectivity index (χ1v) is 6.32. The maximum absolute atomic E-state index is 8.96. The van der Waals surface area contributed by atoms with Crippen molar-refractivity contribution < 1.29 is 5.11 Å². The van der Waals surface area contributed by atoms with E-state index in [1.807, 2.05) is 0 Å². The Morgan fingerprint density at radius 2 is 1.88 bits per heavy atom. The van der Waals surface area contributed by atoms with Gasteiger partial charge in [-0.05, 0) is 42.4 Å². The molecule has 2 nitrogen and oxygen atoms in total. The summed E-state index contributed by atoms with van der Waals surface area (Å²) in [4.78, 5) is 0. The molecule has 0 aliphatic heterocycles. The van der Waals surface area contributed by atoms with Crippen LogP contribution in [0.5, 0.6) is 0 Å². The Kier molecular flexibility index (Phi) is 5.16. The Labute approximate surface area is 105 Å². The first-order chi connectivity index (χ1) is 7.94. The van der Waals surface area contributed by atoms with Gasteiger partial charge in [0.05, 0.1) is 0 Å². The summed E-state index contributed by atoms with van der Waals surface area (Å²) in [5, 5.41) is 12.4. The van der Waals surface area contributed by atoms with Crippen molar-refractivity contribution in [2.45, 2.75) is 40.7 Å². The number of hydrogen-bond acceptors (Lipinski definition) is 2. The molecular weight excluding hydrogens is 210 g/mol. The van der Waals surface area contributed by atoms with Crippen molar-refractivity contribution >= 4 is 0 Å². The topological polar surface area (TPSA) is 32.3 Å². The highest BCUT2D eigenvalue weighted by Crippen LogP contribution is 2.18. The number of nitrogens with one attached hydrogen (secondary N) is 1. The quantitative estimate of drug-likeness (QED) is 0.794. The highest BCUT2D eigenvalue weighted by atomic mass is 16.3. The third-order valence-corrected chi connectivity index (χ3v) is 3.29. The van der Waals surface area contributed by atoms with Gasteiger partial charge in [0.15, 0.2) is 0 Å². The minimum atomic E-state index is 0.161. The van der Waals surface area contributed by atoms with Crippen molar-refractivity contribution in [1.29, 1.82) is 0 Å². The Bertz CT molecular complexity index is 358. The molecule has 0 spiro atoms. The molecule has 1 rings (SSSR count). The second-order valence-corrected chi connectivity index (χ2v) is 5.66. The summed E-state index contributed by atoms with van der Waals surface area (Å²) >= 11 is 0. The summed E-state index contributed by atoms with van der Waals surface area (Å²) in [6.45, 7) is 10.7. The lowest BCUT2D eigenvalue weighted by Crippen LogP contribution is -2.29. The minimum Gasteiger partial charge on any atom is -0.396 e. The van der Waals surface area contributed by atoms with Crippen LogP contribution in [0.3, 0.4) is 0 Å². The van der Waals surface area contributed by atoms with Gasteiger partial charge in [0.2, 0.25) is 0 Å². The Balaban J connectivity index is 2.43. The summed E-state index contributed by atoms with van der Waals surface area (Å²) in [5.41, 5.74) is 4.18. The molecule has 0 fully saturated rings. The molecule has 0 unspecified atom stereocenters. The van der Waals surface area contributed by atoms with Crippen LogP contribution in [0.15, 0.2) is 18.2 Å². The van der Waals surface area contributed by atoms with Gasteiger partial charge in [-0.3, -0.25) is 0 Å². The van der Waals surface area contributed by atoms with Gasteiger partial charge in [0.1, 0.15) is 0 Å². The highest BCUT2D eigenvalue weighted by Gasteiger charge is 2.16. The van der Waals surface area contributed by atoms with E-state index >= 15 is 0 Å². The molecule has 0 saturated heterocycles. The summed E-state index contributed by atoms with van der Waals surface area (Å²) in [7, 11) is 0. The molecule has 2 heteroatoms. The predicted octanol–water partition coefficient (Wildman–Crippen LogP) is 2.80. The molecule has 2 N–H and O–H groups in total. The standard InChI is InChI=1S/C15H25NO/c1-12-5-6-14(9-13(12)2)10-16-11-15(3,4)7-8-17/h5-6,9,16-17H,7-8,10-11H2,1-4H3. The van der Waals surface area contributed by atoms with Gasteiger partial charge in [-0.1, -0.05) is 32.0 Å². The van der Waals surface area contributed by atoms with Crippen molar-refractivity contribution in [1.82, 2.24) is 5.32 Å². The SMILES string of the molecule is Cc1ccc(CNCC(C)(C)CCO)cc1C. The average molecular weight is 235 g/mol. The molecule has 0 bridgehead atoms. The molecule has 0 radical (unpaired) electrons. The Morgan fingerprint density at radius 3 is 2.47 bits per heavy atom. The van der Waals surface area contributed by atoms with Gasteiger partial charge >= 0.3 is 0 Å². The number of hydrogen-bond donors (Lipinski definition) is 2. The number of benzene rings is 1. The zero-order valence-electron chi connectivity index (χ0n) is 11.5. The normalized spacial score (nSPS) is 11.8. The van der Waals surface area contributed by atoms with Gasteiger partial charge in [-0.25, -0.2) is 0 Å². The van der Waals surface area contributed by atoms with E-state index in [1.165, 1.54) is 16.7 Å². The molecule has 0 aliphatic carbocycles. The third kappa shape index (κ3) is 4.88. The molecule has 0 saturated carbocycles. The molecule has 1 aromatic carbocycles. The van der Waals surface area contributed by atoms with E-state index in [0.717, 1.165) is 19.5 Å². The van der Waals surface area contributed by atoms with Gasteiger partial charge in [0, 0.05) is 19.7 Å². The lowest BCUT2D eigenvalue weighted by Gasteiger charge is -2.24. The van der Waals surface area contributed by atoms with Gasteiger partial charge < -0.3 is 10.4 Å². The number of aliphatic hydroxyl groups excluding tert-OH is 1. The fourth-order valence-corrected chi connectivity index (χ4v) is 1.85. The van der Waals surface area contributed by atoms with Crippen LogP contribution < -0.4 is 5.32 Å². The number of aliphatic hydroxyl groups is 1. The van der Waals surface area contributed by atoms with Crippen LogP contribution in [-0.2, 0) is 6.54 Å². The average Bonchev–Trinajstić information content (AvgIpc) is 2.23. The summed E-state index contributed by atoms with van der Waals surface area (Å²) in [6.07, 6.45) is 0.840. The molecular formula is C15H25NO. The lowest BCUT2D eigenvalue weighted by molar-refractivity contribution is 0.207. The fourth-order valence-electron chi connectivity index (χ4n) is 1.85. The molecule has 0 amide bonds. The Hall–Kier alpha value is -0.860. The second kappa shape index (κ2) is 6.18. The van der Waals surface area contributed by atoms with E-state index in [2.05, 4.69) is 51.2 Å². The molecule has 17 heavy (non-hydrogen) atoms. The van der Waals surface area contributed by atoms with Crippen molar-refractivity contribution in [3.63, 3.8) is 0 Å². The van der Waals surface area contributed by atoms with Gasteiger partial charge in [-0.15, -0.1) is 0 Å².